The number of nitrogens with one attached hydrogen (secondary N) is 1. The smallest absolute Gasteiger partial charge is 0.294 e. The molecule has 10 nitrogen and oxygen atoms in total. The quantitative estimate of drug-likeness (QED) is 0.0869. The van der Waals surface area contributed by atoms with Gasteiger partial charge in [0.05, 0.1) is 17.8 Å². The highest BCUT2D eigenvalue weighted by molar-refractivity contribution is 6.37. The molecule has 1 saturated carbocycles. The number of benzene rings is 2. The molecule has 0 saturated heterocycles. The lowest BCUT2D eigenvalue weighted by Gasteiger charge is -2.29. The highest BCUT2D eigenvalue weighted by Crippen LogP contribution is 2.37. The molecule has 0 aliphatic heterocycles. The van der Waals surface area contributed by atoms with Gasteiger partial charge >= 0.3 is 0 Å². The van der Waals surface area contributed by atoms with Gasteiger partial charge in [-0.25, -0.2) is 4.98 Å². The van der Waals surface area contributed by atoms with E-state index in [4.69, 9.17) is 9.57 Å². The number of ether oxygens (including phenoxy) is 1. The molecule has 1 amide bonds. The van der Waals surface area contributed by atoms with Crippen molar-refractivity contribution in [2.75, 3.05) is 13.2 Å². The van der Waals surface area contributed by atoms with E-state index in [2.05, 4.69) is 26.4 Å². The van der Waals surface area contributed by atoms with Gasteiger partial charge in [0.1, 0.15) is 18.1 Å². The fraction of sp³-hybridized carbons (Fsp3) is 0.469. The summed E-state index contributed by atoms with van der Waals surface area (Å²) >= 11 is 0. The number of unbranched alkanes of at least 4 members (excludes halogenated alkanes) is 3. The lowest BCUT2D eigenvalue weighted by Crippen LogP contribution is -2.30. The van der Waals surface area contributed by atoms with Gasteiger partial charge in [-0.2, -0.15) is 0 Å². The third-order valence-corrected chi connectivity index (χ3v) is 7.51. The molecule has 1 fully saturated rings. The van der Waals surface area contributed by atoms with E-state index in [0.717, 1.165) is 72.9 Å². The van der Waals surface area contributed by atoms with E-state index in [1.165, 1.54) is 6.42 Å². The summed E-state index contributed by atoms with van der Waals surface area (Å²) in [5, 5.41) is 17.6. The molecular formula is C32H40N4O6. The number of hydrogen-bond donors (Lipinski definition) is 1. The summed E-state index contributed by atoms with van der Waals surface area (Å²) in [6.07, 6.45) is 8.45. The number of nitrogens with zero attached hydrogens (tertiary/aromatic N) is 3. The predicted molar refractivity (Wildman–Crippen MR) is 160 cm³/mol. The standard InChI is InChI=1S/C32H40N4O6/c1-24(32(37)33-21-9-2-3-10-22-41-36(38)39)35-42-31(26-12-5-4-6-13-26)27-16-19-29(20-17-27)40-23-28-18-15-25-11-7-8-14-30(25)34-28/h7-8,11,14-20,26,31H,2-6,9-10,12-13,21-23H2,1H3,(H,33,37)/b35-24-. The highest BCUT2D eigenvalue weighted by atomic mass is 16.9. The van der Waals surface area contributed by atoms with Crippen LogP contribution in [0.4, 0.5) is 0 Å². The molecule has 10 heteroatoms. The zero-order chi connectivity index (χ0) is 29.6. The lowest BCUT2D eigenvalue weighted by molar-refractivity contribution is -0.757. The van der Waals surface area contributed by atoms with Crippen LogP contribution in [0.25, 0.3) is 10.9 Å². The number of aromatic nitrogens is 1. The van der Waals surface area contributed by atoms with Crippen molar-refractivity contribution in [3.8, 4) is 5.75 Å². The van der Waals surface area contributed by atoms with E-state index in [0.29, 0.717) is 25.5 Å². The second kappa shape index (κ2) is 16.3. The molecular weight excluding hydrogens is 536 g/mol. The summed E-state index contributed by atoms with van der Waals surface area (Å²) in [5.74, 6) is 0.812. The average Bonchev–Trinajstić information content (AvgIpc) is 3.02. The van der Waals surface area contributed by atoms with Crippen LogP contribution < -0.4 is 10.1 Å². The van der Waals surface area contributed by atoms with Gasteiger partial charge in [0, 0.05) is 17.8 Å². The van der Waals surface area contributed by atoms with Crippen molar-refractivity contribution in [1.82, 2.24) is 10.3 Å². The Morgan fingerprint density at radius 3 is 2.57 bits per heavy atom. The Bertz CT molecular complexity index is 1320. The minimum Gasteiger partial charge on any atom is -0.487 e. The molecule has 1 heterocycles. The third kappa shape index (κ3) is 9.71. The van der Waals surface area contributed by atoms with Crippen molar-refractivity contribution in [3.63, 3.8) is 0 Å². The van der Waals surface area contributed by atoms with Crippen LogP contribution in [0.3, 0.4) is 0 Å². The SMILES string of the molecule is C/C(=N/OC(c1ccc(OCc2ccc3ccccc3n2)cc1)C1CCCCC1)C(=O)NCCCCCCO[N+](=O)[O-]. The summed E-state index contributed by atoms with van der Waals surface area (Å²) in [5.41, 5.74) is 3.10. The Hall–Kier alpha value is -4.21. The fourth-order valence-corrected chi connectivity index (χ4v) is 5.18. The largest absolute Gasteiger partial charge is 0.487 e. The van der Waals surface area contributed by atoms with Crippen molar-refractivity contribution >= 4 is 22.5 Å². The number of para-hydroxylation sites is 1. The maximum absolute atomic E-state index is 12.5. The van der Waals surface area contributed by atoms with Crippen LogP contribution >= 0.6 is 0 Å². The monoisotopic (exact) mass is 576 g/mol. The zero-order valence-electron chi connectivity index (χ0n) is 24.2. The van der Waals surface area contributed by atoms with E-state index < -0.39 is 5.09 Å². The normalized spacial score (nSPS) is 14.7. The average molecular weight is 577 g/mol. The van der Waals surface area contributed by atoms with Crippen LogP contribution in [0.5, 0.6) is 5.75 Å². The van der Waals surface area contributed by atoms with E-state index in [9.17, 15) is 14.9 Å². The summed E-state index contributed by atoms with van der Waals surface area (Å²) in [4.78, 5) is 37.7. The topological polar surface area (TPSA) is 125 Å². The molecule has 4 rings (SSSR count). The molecule has 3 aromatic rings. The minimum absolute atomic E-state index is 0.100. The van der Waals surface area contributed by atoms with E-state index >= 15 is 0 Å². The molecule has 1 atom stereocenters. The third-order valence-electron chi connectivity index (χ3n) is 7.51. The molecule has 1 aliphatic carbocycles. The predicted octanol–water partition coefficient (Wildman–Crippen LogP) is 6.71. The first kappa shape index (κ1) is 30.7. The van der Waals surface area contributed by atoms with Crippen molar-refractivity contribution < 1.29 is 24.3 Å². The van der Waals surface area contributed by atoms with Crippen LogP contribution in [-0.4, -0.2) is 34.8 Å². The number of oxime groups is 1. The fourth-order valence-electron chi connectivity index (χ4n) is 5.18. The van der Waals surface area contributed by atoms with Crippen molar-refractivity contribution in [2.45, 2.75) is 77.4 Å². The van der Waals surface area contributed by atoms with Gasteiger partial charge in [0.2, 0.25) is 0 Å². The van der Waals surface area contributed by atoms with E-state index in [-0.39, 0.29) is 24.3 Å². The number of pyridine rings is 1. The van der Waals surface area contributed by atoms with Gasteiger partial charge < -0.3 is 19.7 Å². The molecule has 1 aromatic heterocycles. The van der Waals surface area contributed by atoms with Gasteiger partial charge in [-0.3, -0.25) is 4.79 Å². The molecule has 0 radical (unpaired) electrons. The lowest BCUT2D eigenvalue weighted by atomic mass is 9.83. The summed E-state index contributed by atoms with van der Waals surface area (Å²) in [6, 6.07) is 20.0. The maximum atomic E-state index is 12.5. The van der Waals surface area contributed by atoms with E-state index in [1.807, 2.05) is 54.6 Å². The van der Waals surface area contributed by atoms with Gasteiger partial charge in [-0.15, -0.1) is 10.1 Å². The Labute approximate surface area is 246 Å². The molecule has 0 bridgehead atoms. The van der Waals surface area contributed by atoms with Gasteiger partial charge in [0.15, 0.2) is 6.10 Å². The van der Waals surface area contributed by atoms with Crippen molar-refractivity contribution in [3.05, 3.63) is 82.0 Å². The van der Waals surface area contributed by atoms with Gasteiger partial charge in [0.25, 0.3) is 11.0 Å². The maximum Gasteiger partial charge on any atom is 0.294 e. The Morgan fingerprint density at radius 1 is 1.02 bits per heavy atom. The molecule has 1 N–H and O–H groups in total. The molecule has 1 aliphatic rings. The Balaban J connectivity index is 1.28. The minimum atomic E-state index is -0.779. The van der Waals surface area contributed by atoms with Crippen LogP contribution in [0, 0.1) is 16.0 Å². The van der Waals surface area contributed by atoms with Gasteiger partial charge in [-0.05, 0) is 62.4 Å². The Morgan fingerprint density at radius 2 is 1.79 bits per heavy atom. The van der Waals surface area contributed by atoms with Crippen LogP contribution in [0.1, 0.15) is 82.1 Å². The summed E-state index contributed by atoms with van der Waals surface area (Å²) in [7, 11) is 0. The second-order valence-corrected chi connectivity index (χ2v) is 10.7. The zero-order valence-corrected chi connectivity index (χ0v) is 24.2. The first-order valence-electron chi connectivity index (χ1n) is 14.8. The molecule has 224 valence electrons. The molecule has 0 spiro atoms. The van der Waals surface area contributed by atoms with Crippen molar-refractivity contribution in [1.29, 1.82) is 0 Å². The highest BCUT2D eigenvalue weighted by Gasteiger charge is 2.27. The summed E-state index contributed by atoms with van der Waals surface area (Å²) < 4.78 is 6.02. The number of carbonyl (C=O) groups is 1. The first-order valence-corrected chi connectivity index (χ1v) is 14.8. The number of fused-ring (bicyclic) bond motifs is 1. The number of amides is 1. The Kier molecular flexibility index (Phi) is 11.9. The molecule has 2 aromatic carbocycles. The van der Waals surface area contributed by atoms with Crippen LogP contribution in [0.15, 0.2) is 65.8 Å². The number of rotatable bonds is 16. The van der Waals surface area contributed by atoms with Crippen LogP contribution in [-0.2, 0) is 21.1 Å². The molecule has 1 unspecified atom stereocenters. The van der Waals surface area contributed by atoms with Crippen molar-refractivity contribution in [2.24, 2.45) is 11.1 Å². The van der Waals surface area contributed by atoms with Gasteiger partial charge in [-0.1, -0.05) is 73.7 Å². The number of carbonyl (C=O) groups excluding carboxylic acids is 1. The molecule has 42 heavy (non-hydrogen) atoms. The first-order chi connectivity index (χ1) is 20.5. The van der Waals surface area contributed by atoms with E-state index in [1.54, 1.807) is 6.92 Å². The van der Waals surface area contributed by atoms with Crippen LogP contribution in [0.2, 0.25) is 0 Å². The summed E-state index contributed by atoms with van der Waals surface area (Å²) in [6.45, 7) is 2.63. The second-order valence-electron chi connectivity index (χ2n) is 10.7. The number of hydrogen-bond acceptors (Lipinski definition) is 8.